The number of aliphatic imine (C=N–C) groups is 1. The van der Waals surface area contributed by atoms with Gasteiger partial charge in [-0.25, -0.2) is 4.79 Å². The van der Waals surface area contributed by atoms with E-state index < -0.39 is 17.9 Å². The monoisotopic (exact) mass is 479 g/mol. The molecule has 11 heteroatoms. The molecule has 184 valence electrons. The van der Waals surface area contributed by atoms with E-state index in [1.807, 2.05) is 0 Å². The van der Waals surface area contributed by atoms with Gasteiger partial charge in [0.2, 0.25) is 5.91 Å². The quantitative estimate of drug-likeness (QED) is 0.123. The van der Waals surface area contributed by atoms with Crippen LogP contribution in [0.25, 0.3) is 10.9 Å². The number of nitrogen functional groups attached to an aromatic ring is 1. The van der Waals surface area contributed by atoms with E-state index in [0.717, 1.165) is 0 Å². The largest absolute Gasteiger partial charge is 0.480 e. The molecule has 0 bridgehead atoms. The predicted octanol–water partition coefficient (Wildman–Crippen LogP) is 1.56. The maximum absolute atomic E-state index is 12.7. The summed E-state index contributed by atoms with van der Waals surface area (Å²) in [5, 5.41) is 15.6. The van der Waals surface area contributed by atoms with Crippen molar-refractivity contribution in [1.82, 2.24) is 10.3 Å². The molecule has 1 unspecified atom stereocenters. The Kier molecular flexibility index (Phi) is 8.28. The fraction of sp³-hybridized carbons (Fsp3) is 0.250. The van der Waals surface area contributed by atoms with Gasteiger partial charge in [-0.05, 0) is 36.6 Å². The van der Waals surface area contributed by atoms with Crippen molar-refractivity contribution < 1.29 is 19.5 Å². The number of carboxylic acids is 1. The van der Waals surface area contributed by atoms with Crippen LogP contribution in [-0.2, 0) is 16.0 Å². The number of para-hydroxylation sites is 1. The minimum absolute atomic E-state index is 0.0289. The molecule has 0 aliphatic rings. The van der Waals surface area contributed by atoms with Crippen LogP contribution in [0.4, 0.5) is 11.4 Å². The first-order valence-electron chi connectivity index (χ1n) is 11.1. The molecule has 1 aromatic heterocycles. The molecular weight excluding hydrogens is 450 g/mol. The van der Waals surface area contributed by atoms with Gasteiger partial charge in [-0.1, -0.05) is 30.3 Å². The van der Waals surface area contributed by atoms with E-state index in [1.54, 1.807) is 48.5 Å². The number of fused-ring (bicyclic) bond motifs is 1. The van der Waals surface area contributed by atoms with Gasteiger partial charge >= 0.3 is 5.97 Å². The summed E-state index contributed by atoms with van der Waals surface area (Å²) in [4.78, 5) is 43.4. The number of carbonyl (C=O) groups is 3. The Hall–Kier alpha value is -4.54. The Morgan fingerprint density at radius 1 is 1.03 bits per heavy atom. The van der Waals surface area contributed by atoms with Crippen LogP contribution in [0.15, 0.2) is 53.5 Å². The van der Waals surface area contributed by atoms with Crippen molar-refractivity contribution >= 4 is 46.0 Å². The summed E-state index contributed by atoms with van der Waals surface area (Å²) in [7, 11) is 0. The third-order valence-electron chi connectivity index (χ3n) is 5.36. The molecule has 0 saturated carbocycles. The van der Waals surface area contributed by atoms with E-state index in [-0.39, 0.29) is 29.7 Å². The summed E-state index contributed by atoms with van der Waals surface area (Å²) in [5.74, 6) is -1.89. The van der Waals surface area contributed by atoms with E-state index in [2.05, 4.69) is 20.6 Å². The van der Waals surface area contributed by atoms with Crippen LogP contribution < -0.4 is 27.8 Å². The van der Waals surface area contributed by atoms with Crippen molar-refractivity contribution in [3.05, 3.63) is 59.8 Å². The molecule has 11 nitrogen and oxygen atoms in total. The number of rotatable bonds is 11. The fourth-order valence-corrected chi connectivity index (χ4v) is 3.56. The number of aliphatic carboxylic acids is 1. The summed E-state index contributed by atoms with van der Waals surface area (Å²) >= 11 is 0. The summed E-state index contributed by atoms with van der Waals surface area (Å²) in [6.45, 7) is 0.471. The molecule has 1 heterocycles. The molecule has 0 saturated heterocycles. The molecule has 0 aliphatic carbocycles. The number of aromatic nitrogens is 1. The maximum atomic E-state index is 12.7. The smallest absolute Gasteiger partial charge is 0.326 e. The minimum Gasteiger partial charge on any atom is -0.480 e. The van der Waals surface area contributed by atoms with Gasteiger partial charge in [0.25, 0.3) is 5.91 Å². The van der Waals surface area contributed by atoms with Crippen LogP contribution in [0.1, 0.15) is 35.3 Å². The van der Waals surface area contributed by atoms with E-state index in [1.165, 1.54) is 0 Å². The third kappa shape index (κ3) is 6.97. The standard InChI is InChI=1S/C24H29N7O4/c25-20-16-5-1-2-6-17(16)30-21(20)22(33)31-18(23(34)35)13-14-8-10-15(11-9-14)29-19(32)7-3-4-12-28-24(26)27/h1-2,5-6,8-11,18,30H,3-4,7,12-13,25H2,(H,29,32)(H,31,33)(H,34,35)(H4,26,27,28). The van der Waals surface area contributed by atoms with Crippen molar-refractivity contribution in [2.24, 2.45) is 16.5 Å². The Morgan fingerprint density at radius 3 is 2.40 bits per heavy atom. The highest BCUT2D eigenvalue weighted by atomic mass is 16.4. The van der Waals surface area contributed by atoms with Gasteiger partial charge in [0, 0.05) is 36.0 Å². The minimum atomic E-state index is -1.17. The molecule has 1 atom stereocenters. The Labute approximate surface area is 201 Å². The molecular formula is C24H29N7O4. The number of carboxylic acid groups (broad SMARTS) is 1. The van der Waals surface area contributed by atoms with Gasteiger partial charge in [-0.15, -0.1) is 0 Å². The number of nitrogens with one attached hydrogen (secondary N) is 3. The molecule has 0 fully saturated rings. The second-order valence-electron chi connectivity index (χ2n) is 8.04. The molecule has 10 N–H and O–H groups in total. The number of carbonyl (C=O) groups excluding carboxylic acids is 2. The molecule has 0 aliphatic heterocycles. The first-order valence-corrected chi connectivity index (χ1v) is 11.1. The number of hydrogen-bond donors (Lipinski definition) is 7. The van der Waals surface area contributed by atoms with Crippen LogP contribution in [-0.4, -0.2) is 46.4 Å². The molecule has 0 radical (unpaired) electrons. The highest BCUT2D eigenvalue weighted by Gasteiger charge is 2.24. The summed E-state index contributed by atoms with van der Waals surface area (Å²) in [5.41, 5.74) is 18.9. The highest BCUT2D eigenvalue weighted by Crippen LogP contribution is 2.24. The number of unbranched alkanes of at least 4 members (excludes halogenated alkanes) is 1. The zero-order valence-electron chi connectivity index (χ0n) is 19.1. The predicted molar refractivity (Wildman–Crippen MR) is 135 cm³/mol. The Balaban J connectivity index is 1.55. The summed E-state index contributed by atoms with van der Waals surface area (Å²) in [6.07, 6.45) is 1.71. The van der Waals surface area contributed by atoms with Gasteiger partial charge < -0.3 is 37.9 Å². The van der Waals surface area contributed by atoms with Crippen LogP contribution in [0.2, 0.25) is 0 Å². The Bertz CT molecular complexity index is 1230. The van der Waals surface area contributed by atoms with Gasteiger partial charge in [0.05, 0.1) is 5.69 Å². The molecule has 3 rings (SSSR count). The molecule has 3 aromatic rings. The van der Waals surface area contributed by atoms with Crippen LogP contribution in [0.3, 0.4) is 0 Å². The highest BCUT2D eigenvalue weighted by molar-refractivity contribution is 6.08. The maximum Gasteiger partial charge on any atom is 0.326 e. The number of anilines is 2. The van der Waals surface area contributed by atoms with Crippen molar-refractivity contribution in [2.75, 3.05) is 17.6 Å². The van der Waals surface area contributed by atoms with Gasteiger partial charge in [0.15, 0.2) is 5.96 Å². The lowest BCUT2D eigenvalue weighted by molar-refractivity contribution is -0.139. The molecule has 35 heavy (non-hydrogen) atoms. The second-order valence-corrected chi connectivity index (χ2v) is 8.04. The second kappa shape index (κ2) is 11.5. The number of benzene rings is 2. The van der Waals surface area contributed by atoms with Gasteiger partial charge in [-0.3, -0.25) is 14.6 Å². The molecule has 2 amide bonds. The number of hydrogen-bond acceptors (Lipinski definition) is 5. The van der Waals surface area contributed by atoms with E-state index in [4.69, 9.17) is 17.2 Å². The van der Waals surface area contributed by atoms with Gasteiger partial charge in [-0.2, -0.15) is 0 Å². The zero-order valence-corrected chi connectivity index (χ0v) is 19.1. The van der Waals surface area contributed by atoms with Gasteiger partial charge in [0.1, 0.15) is 11.7 Å². The first kappa shape index (κ1) is 25.1. The number of nitrogens with two attached hydrogens (primary N) is 3. The van der Waals surface area contributed by atoms with Crippen LogP contribution in [0.5, 0.6) is 0 Å². The lowest BCUT2D eigenvalue weighted by Crippen LogP contribution is -2.42. The topological polar surface area (TPSA) is 202 Å². The van der Waals surface area contributed by atoms with E-state index in [0.29, 0.717) is 48.0 Å². The number of H-pyrrole nitrogens is 1. The summed E-state index contributed by atoms with van der Waals surface area (Å²) in [6, 6.07) is 12.8. The third-order valence-corrected chi connectivity index (χ3v) is 5.36. The lowest BCUT2D eigenvalue weighted by Gasteiger charge is -2.15. The van der Waals surface area contributed by atoms with Crippen LogP contribution >= 0.6 is 0 Å². The number of guanidine groups is 1. The zero-order chi connectivity index (χ0) is 25.4. The van der Waals surface area contributed by atoms with Crippen LogP contribution in [0, 0.1) is 0 Å². The van der Waals surface area contributed by atoms with E-state index >= 15 is 0 Å². The fourth-order valence-electron chi connectivity index (χ4n) is 3.56. The van der Waals surface area contributed by atoms with Crippen molar-refractivity contribution in [3.8, 4) is 0 Å². The molecule has 0 spiro atoms. The average molecular weight is 480 g/mol. The normalized spacial score (nSPS) is 11.5. The molecule has 2 aromatic carbocycles. The number of nitrogens with zero attached hydrogens (tertiary/aromatic N) is 1. The number of aromatic amines is 1. The first-order chi connectivity index (χ1) is 16.7. The number of amides is 2. The average Bonchev–Trinajstić information content (AvgIpc) is 3.16. The summed E-state index contributed by atoms with van der Waals surface area (Å²) < 4.78 is 0. The van der Waals surface area contributed by atoms with Crippen molar-refractivity contribution in [3.63, 3.8) is 0 Å². The van der Waals surface area contributed by atoms with E-state index in [9.17, 15) is 19.5 Å². The lowest BCUT2D eigenvalue weighted by atomic mass is 10.1. The SMILES string of the molecule is NC(N)=NCCCCC(=O)Nc1ccc(CC(NC(=O)c2[nH]c3ccccc3c2N)C(=O)O)cc1. The Morgan fingerprint density at radius 2 is 1.74 bits per heavy atom. The van der Waals surface area contributed by atoms with Crippen molar-refractivity contribution in [2.45, 2.75) is 31.7 Å². The van der Waals surface area contributed by atoms with Crippen molar-refractivity contribution in [1.29, 1.82) is 0 Å².